The number of aromatic nitrogens is 2. The van der Waals surface area contributed by atoms with Crippen LogP contribution in [0.2, 0.25) is 0 Å². The molecule has 0 aliphatic heterocycles. The Morgan fingerprint density at radius 3 is 2.48 bits per heavy atom. The molecule has 3 aromatic rings. The molecule has 2 aromatic heterocycles. The number of thiophene rings is 1. The summed E-state index contributed by atoms with van der Waals surface area (Å²) in [5.74, 6) is -0.462. The number of nitrogens with two attached hydrogens (primary N) is 1. The maximum atomic E-state index is 12.5. The van der Waals surface area contributed by atoms with Crippen molar-refractivity contribution in [3.05, 3.63) is 64.3 Å². The van der Waals surface area contributed by atoms with Gasteiger partial charge in [-0.05, 0) is 48.7 Å². The molecule has 0 radical (unpaired) electrons. The number of nitrogens with zero attached hydrogens (tertiary/aromatic N) is 2. The molecule has 2 heterocycles. The number of nitrogens with one attached hydrogen (secondary N) is 1. The average Bonchev–Trinajstić information content (AvgIpc) is 3.16. The summed E-state index contributed by atoms with van der Waals surface area (Å²) in [6, 6.07) is 11.3. The third kappa shape index (κ3) is 4.30. The summed E-state index contributed by atoms with van der Waals surface area (Å²) < 4.78 is 23.7. The molecule has 0 saturated heterocycles. The second-order valence-corrected chi connectivity index (χ2v) is 8.22. The number of hydrogen-bond acceptors (Lipinski definition) is 6. The van der Waals surface area contributed by atoms with Crippen molar-refractivity contribution in [3.63, 3.8) is 0 Å². The van der Waals surface area contributed by atoms with E-state index in [0.29, 0.717) is 11.4 Å². The highest BCUT2D eigenvalue weighted by Crippen LogP contribution is 2.22. The summed E-state index contributed by atoms with van der Waals surface area (Å²) in [7, 11) is -3.81. The number of rotatable bonds is 5. The van der Waals surface area contributed by atoms with Gasteiger partial charge in [-0.15, -0.1) is 11.3 Å². The summed E-state index contributed by atoms with van der Waals surface area (Å²) in [6.07, 6.45) is 0. The summed E-state index contributed by atoms with van der Waals surface area (Å²) in [4.78, 5) is 25.5. The number of hydrogen-bond donors (Lipinski definition) is 2. The molecule has 8 nitrogen and oxygen atoms in total. The van der Waals surface area contributed by atoms with Crippen molar-refractivity contribution in [3.8, 4) is 10.6 Å². The van der Waals surface area contributed by atoms with Crippen LogP contribution in [0.15, 0.2) is 63.6 Å². The Morgan fingerprint density at radius 2 is 1.89 bits per heavy atom. The number of benzene rings is 1. The van der Waals surface area contributed by atoms with Gasteiger partial charge in [-0.25, -0.2) is 18.2 Å². The van der Waals surface area contributed by atoms with Crippen molar-refractivity contribution in [1.82, 2.24) is 9.78 Å². The largest absolute Gasteiger partial charge is 0.324 e. The predicted octanol–water partition coefficient (Wildman–Crippen LogP) is 1.82. The molecular formula is C17H16N4O4S2. The van der Waals surface area contributed by atoms with Crippen molar-refractivity contribution in [1.29, 1.82) is 0 Å². The summed E-state index contributed by atoms with van der Waals surface area (Å²) in [5, 5.41) is 13.8. The van der Waals surface area contributed by atoms with Gasteiger partial charge in [0, 0.05) is 11.8 Å². The summed E-state index contributed by atoms with van der Waals surface area (Å²) >= 11 is 1.48. The quantitative estimate of drug-likeness (QED) is 0.671. The van der Waals surface area contributed by atoms with Crippen molar-refractivity contribution in [2.45, 2.75) is 17.9 Å². The molecule has 0 saturated carbocycles. The highest BCUT2D eigenvalue weighted by Gasteiger charge is 2.19. The maximum absolute atomic E-state index is 12.5. The Balaban J connectivity index is 1.81. The second kappa shape index (κ2) is 7.43. The number of sulfonamides is 1. The van der Waals surface area contributed by atoms with Crippen LogP contribution in [-0.4, -0.2) is 24.1 Å². The highest BCUT2D eigenvalue weighted by molar-refractivity contribution is 7.89. The standard InChI is InChI=1S/C17H16N4O4S2/c1-11(17(23)19-12-4-6-13(7-5-12)27(18,24)25)21-16(22)9-8-14(20-21)15-3-2-10-26-15/h2-11H,1H3,(H,19,23)(H2,18,24,25). The first-order valence-corrected chi connectivity index (χ1v) is 10.3. The van der Waals surface area contributed by atoms with Crippen LogP contribution in [0.5, 0.6) is 0 Å². The van der Waals surface area contributed by atoms with Gasteiger partial charge in [0.05, 0.1) is 9.77 Å². The van der Waals surface area contributed by atoms with Crippen LogP contribution in [0, 0.1) is 0 Å². The van der Waals surface area contributed by atoms with Gasteiger partial charge in [0.1, 0.15) is 11.7 Å². The molecular weight excluding hydrogens is 388 g/mol. The van der Waals surface area contributed by atoms with Crippen molar-refractivity contribution >= 4 is 33.0 Å². The lowest BCUT2D eigenvalue weighted by Gasteiger charge is -2.15. The zero-order valence-corrected chi connectivity index (χ0v) is 15.8. The number of carbonyl (C=O) groups excluding carboxylic acids is 1. The Hall–Kier alpha value is -2.82. The molecule has 0 aliphatic carbocycles. The van der Waals surface area contributed by atoms with E-state index in [2.05, 4.69) is 10.4 Å². The smallest absolute Gasteiger partial charge is 0.267 e. The lowest BCUT2D eigenvalue weighted by molar-refractivity contribution is -0.119. The fourth-order valence-corrected chi connectivity index (χ4v) is 3.55. The van der Waals surface area contributed by atoms with Crippen molar-refractivity contribution in [2.24, 2.45) is 5.14 Å². The van der Waals surface area contributed by atoms with Gasteiger partial charge in [0.15, 0.2) is 0 Å². The van der Waals surface area contributed by atoms with Crippen LogP contribution in [0.3, 0.4) is 0 Å². The number of primary sulfonamides is 1. The maximum Gasteiger partial charge on any atom is 0.267 e. The monoisotopic (exact) mass is 404 g/mol. The Labute approximate surface area is 159 Å². The van der Waals surface area contributed by atoms with Crippen LogP contribution in [0.25, 0.3) is 10.6 Å². The predicted molar refractivity (Wildman–Crippen MR) is 103 cm³/mol. The number of carbonyl (C=O) groups is 1. The fourth-order valence-electron chi connectivity index (χ4n) is 2.34. The third-order valence-electron chi connectivity index (χ3n) is 3.80. The van der Waals surface area contributed by atoms with Gasteiger partial charge >= 0.3 is 0 Å². The molecule has 3 N–H and O–H groups in total. The Bertz CT molecular complexity index is 1120. The van der Waals surface area contributed by atoms with E-state index >= 15 is 0 Å². The van der Waals surface area contributed by atoms with Gasteiger partial charge in [0.2, 0.25) is 15.9 Å². The normalized spacial score (nSPS) is 12.5. The first-order chi connectivity index (χ1) is 12.8. The molecule has 0 bridgehead atoms. The third-order valence-corrected chi connectivity index (χ3v) is 5.62. The summed E-state index contributed by atoms with van der Waals surface area (Å²) in [5.41, 5.74) is 0.575. The topological polar surface area (TPSA) is 124 Å². The minimum atomic E-state index is -3.81. The highest BCUT2D eigenvalue weighted by atomic mass is 32.2. The van der Waals surface area contributed by atoms with Crippen LogP contribution in [-0.2, 0) is 14.8 Å². The van der Waals surface area contributed by atoms with E-state index in [1.165, 1.54) is 41.7 Å². The average molecular weight is 404 g/mol. The van der Waals surface area contributed by atoms with Crippen molar-refractivity contribution in [2.75, 3.05) is 5.32 Å². The zero-order valence-electron chi connectivity index (χ0n) is 14.2. The molecule has 1 unspecified atom stereocenters. The van der Waals surface area contributed by atoms with E-state index < -0.39 is 27.5 Å². The van der Waals surface area contributed by atoms with Crippen LogP contribution in [0.1, 0.15) is 13.0 Å². The van der Waals surface area contributed by atoms with Gasteiger partial charge < -0.3 is 5.32 Å². The Kier molecular flexibility index (Phi) is 5.22. The van der Waals surface area contributed by atoms with Gasteiger partial charge in [-0.3, -0.25) is 9.59 Å². The van der Waals surface area contributed by atoms with E-state index in [0.717, 1.165) is 9.56 Å². The molecule has 140 valence electrons. The van der Waals surface area contributed by atoms with Crippen LogP contribution >= 0.6 is 11.3 Å². The number of anilines is 1. The lowest BCUT2D eigenvalue weighted by Crippen LogP contribution is -2.33. The van der Waals surface area contributed by atoms with Gasteiger partial charge in [-0.1, -0.05) is 6.07 Å². The van der Waals surface area contributed by atoms with E-state index in [1.54, 1.807) is 13.0 Å². The molecule has 0 aliphatic rings. The first-order valence-electron chi connectivity index (χ1n) is 7.83. The molecule has 1 atom stereocenters. The minimum absolute atomic E-state index is 0.0601. The van der Waals surface area contributed by atoms with Crippen molar-refractivity contribution < 1.29 is 13.2 Å². The molecule has 27 heavy (non-hydrogen) atoms. The van der Waals surface area contributed by atoms with E-state index in [1.807, 2.05) is 17.5 Å². The molecule has 3 rings (SSSR count). The molecule has 10 heteroatoms. The van der Waals surface area contributed by atoms with Crippen LogP contribution in [0.4, 0.5) is 5.69 Å². The van der Waals surface area contributed by atoms with E-state index in [-0.39, 0.29) is 4.90 Å². The van der Waals surface area contributed by atoms with Gasteiger partial charge in [-0.2, -0.15) is 5.10 Å². The Morgan fingerprint density at radius 1 is 1.19 bits per heavy atom. The van der Waals surface area contributed by atoms with E-state index in [4.69, 9.17) is 5.14 Å². The van der Waals surface area contributed by atoms with Crippen LogP contribution < -0.4 is 16.0 Å². The van der Waals surface area contributed by atoms with Gasteiger partial charge in [0.25, 0.3) is 5.56 Å². The zero-order chi connectivity index (χ0) is 19.6. The fraction of sp³-hybridized carbons (Fsp3) is 0.118. The first kappa shape index (κ1) is 19.0. The molecule has 0 spiro atoms. The van der Waals surface area contributed by atoms with E-state index in [9.17, 15) is 18.0 Å². The molecule has 1 amide bonds. The molecule has 0 fully saturated rings. The molecule has 1 aromatic carbocycles. The second-order valence-electron chi connectivity index (χ2n) is 5.71. The number of amides is 1. The SMILES string of the molecule is CC(C(=O)Nc1ccc(S(N)(=O)=O)cc1)n1nc(-c2cccs2)ccc1=O. The lowest BCUT2D eigenvalue weighted by atomic mass is 10.2. The minimum Gasteiger partial charge on any atom is -0.324 e. The summed E-state index contributed by atoms with van der Waals surface area (Å²) in [6.45, 7) is 1.56.